The summed E-state index contributed by atoms with van der Waals surface area (Å²) in [5.41, 5.74) is 4.89. The first-order valence-electron chi connectivity index (χ1n) is 11.3. The third-order valence-electron chi connectivity index (χ3n) is 5.68. The highest BCUT2D eigenvalue weighted by atomic mass is 35.5. The molecule has 0 saturated carbocycles. The van der Waals surface area contributed by atoms with Crippen LogP contribution < -0.4 is 5.32 Å². The molecule has 1 amide bonds. The molecule has 1 N–H and O–H groups in total. The maximum Gasteiger partial charge on any atom is 0.280 e. The summed E-state index contributed by atoms with van der Waals surface area (Å²) in [6.45, 7) is 3.96. The molecular weight excluding hydrogens is 494 g/mol. The summed E-state index contributed by atoms with van der Waals surface area (Å²) in [7, 11) is 0. The Morgan fingerprint density at radius 1 is 1.05 bits per heavy atom. The molecule has 0 radical (unpaired) electrons. The van der Waals surface area contributed by atoms with Crippen molar-refractivity contribution in [3.63, 3.8) is 0 Å². The van der Waals surface area contributed by atoms with Gasteiger partial charge in [-0.2, -0.15) is 0 Å². The van der Waals surface area contributed by atoms with Crippen LogP contribution in [0.1, 0.15) is 16.9 Å². The van der Waals surface area contributed by atoms with E-state index in [1.807, 2.05) is 26.0 Å². The van der Waals surface area contributed by atoms with Crippen LogP contribution in [-0.2, 0) is 4.79 Å². The van der Waals surface area contributed by atoms with Crippen molar-refractivity contribution < 1.29 is 18.6 Å². The molecule has 2 heterocycles. The number of amides is 1. The van der Waals surface area contributed by atoms with Crippen molar-refractivity contribution in [2.75, 3.05) is 5.32 Å². The zero-order chi connectivity index (χ0) is 26.1. The number of nitrogens with one attached hydrogen (secondary N) is 1. The molecule has 0 unspecified atom stereocenters. The number of rotatable bonds is 6. The van der Waals surface area contributed by atoms with Gasteiger partial charge in [0.25, 0.3) is 5.69 Å². The molecule has 9 heteroatoms. The first-order valence-corrected chi connectivity index (χ1v) is 11.7. The average molecular weight is 514 g/mol. The van der Waals surface area contributed by atoms with Crippen LogP contribution in [0, 0.1) is 24.0 Å². The summed E-state index contributed by atoms with van der Waals surface area (Å²) in [6.07, 6.45) is 2.76. The number of aromatic nitrogens is 1. The molecule has 3 aromatic carbocycles. The largest absolute Gasteiger partial charge is 0.456 e. The number of halogens is 1. The normalized spacial score (nSPS) is 11.3. The number of nitrogens with zero attached hydrogens (tertiary/aromatic N) is 2. The molecule has 0 spiro atoms. The van der Waals surface area contributed by atoms with Crippen molar-refractivity contribution in [3.05, 3.63) is 105 Å². The maximum absolute atomic E-state index is 12.6. The van der Waals surface area contributed by atoms with Crippen molar-refractivity contribution in [1.82, 2.24) is 4.98 Å². The second-order valence-electron chi connectivity index (χ2n) is 8.44. The third-order valence-corrected chi connectivity index (χ3v) is 6.01. The standard InChI is InChI=1S/C28H20ClN3O5/c1-16-13-17(2)27-23(14-16)31-28(37-27)18-7-10-21(29)22(15-18)30-26(33)12-9-19-8-11-25(36-19)20-5-3-4-6-24(20)32(34)35/h3-15H,1-2H3,(H,30,33). The first-order chi connectivity index (χ1) is 17.8. The minimum Gasteiger partial charge on any atom is -0.456 e. The van der Waals surface area contributed by atoms with E-state index in [0.717, 1.165) is 16.6 Å². The number of nitro benzene ring substituents is 1. The number of aryl methyl sites for hydroxylation is 2. The maximum atomic E-state index is 12.6. The molecule has 0 aliphatic carbocycles. The van der Waals surface area contributed by atoms with Crippen LogP contribution in [0.4, 0.5) is 11.4 Å². The fourth-order valence-corrected chi connectivity index (χ4v) is 4.18. The lowest BCUT2D eigenvalue weighted by Gasteiger charge is -2.06. The van der Waals surface area contributed by atoms with Crippen molar-refractivity contribution >= 4 is 46.1 Å². The predicted molar refractivity (Wildman–Crippen MR) is 142 cm³/mol. The van der Waals surface area contributed by atoms with Crippen molar-refractivity contribution in [1.29, 1.82) is 0 Å². The number of hydrogen-bond acceptors (Lipinski definition) is 6. The number of para-hydroxylation sites is 1. The van der Waals surface area contributed by atoms with E-state index < -0.39 is 10.8 Å². The smallest absolute Gasteiger partial charge is 0.280 e. The van der Waals surface area contributed by atoms with Crippen LogP contribution in [0.2, 0.25) is 5.02 Å². The average Bonchev–Trinajstić information content (AvgIpc) is 3.52. The number of nitro groups is 1. The Balaban J connectivity index is 1.34. The molecule has 2 aromatic heterocycles. The quantitative estimate of drug-likeness (QED) is 0.142. The van der Waals surface area contributed by atoms with E-state index in [1.54, 1.807) is 48.5 Å². The van der Waals surface area contributed by atoms with E-state index in [-0.39, 0.29) is 5.69 Å². The molecule has 184 valence electrons. The Bertz CT molecular complexity index is 1700. The topological polar surface area (TPSA) is 111 Å². The Hall–Kier alpha value is -4.69. The van der Waals surface area contributed by atoms with Gasteiger partial charge in [0.2, 0.25) is 11.8 Å². The van der Waals surface area contributed by atoms with Gasteiger partial charge in [0.1, 0.15) is 17.0 Å². The molecule has 0 atom stereocenters. The molecule has 0 aliphatic rings. The van der Waals surface area contributed by atoms with Gasteiger partial charge in [-0.1, -0.05) is 29.8 Å². The number of fused-ring (bicyclic) bond motifs is 1. The van der Waals surface area contributed by atoms with Crippen LogP contribution in [0.25, 0.3) is 40.0 Å². The van der Waals surface area contributed by atoms with Gasteiger partial charge in [0, 0.05) is 17.7 Å². The van der Waals surface area contributed by atoms with Crippen LogP contribution in [0.5, 0.6) is 0 Å². The highest BCUT2D eigenvalue weighted by Crippen LogP contribution is 2.33. The SMILES string of the molecule is Cc1cc(C)c2oc(-c3ccc(Cl)c(NC(=O)C=Cc4ccc(-c5ccccc5[N+](=O)[O-])o4)c3)nc2c1. The molecule has 0 bridgehead atoms. The lowest BCUT2D eigenvalue weighted by Crippen LogP contribution is -2.08. The van der Waals surface area contributed by atoms with Crippen LogP contribution in [-0.4, -0.2) is 15.8 Å². The van der Waals surface area contributed by atoms with Gasteiger partial charge >= 0.3 is 0 Å². The Morgan fingerprint density at radius 3 is 2.68 bits per heavy atom. The van der Waals surface area contributed by atoms with Crippen molar-refractivity contribution in [3.8, 4) is 22.8 Å². The van der Waals surface area contributed by atoms with Gasteiger partial charge in [-0.05, 0) is 73.5 Å². The second-order valence-corrected chi connectivity index (χ2v) is 8.85. The highest BCUT2D eigenvalue weighted by Gasteiger charge is 2.17. The second kappa shape index (κ2) is 9.75. The van der Waals surface area contributed by atoms with Gasteiger partial charge < -0.3 is 14.2 Å². The minimum atomic E-state index is -0.470. The van der Waals surface area contributed by atoms with Gasteiger partial charge in [-0.15, -0.1) is 0 Å². The zero-order valence-corrected chi connectivity index (χ0v) is 20.6. The number of anilines is 1. The van der Waals surface area contributed by atoms with Crippen LogP contribution in [0.15, 0.2) is 81.6 Å². The lowest BCUT2D eigenvalue weighted by molar-refractivity contribution is -0.384. The summed E-state index contributed by atoms with van der Waals surface area (Å²) < 4.78 is 11.7. The third kappa shape index (κ3) is 5.00. The molecule has 0 aliphatic heterocycles. The predicted octanol–water partition coefficient (Wildman–Crippen LogP) is 7.59. The number of benzene rings is 3. The van der Waals surface area contributed by atoms with Crippen LogP contribution >= 0.6 is 11.6 Å². The van der Waals surface area contributed by atoms with E-state index in [1.165, 1.54) is 18.2 Å². The Morgan fingerprint density at radius 2 is 1.86 bits per heavy atom. The molecule has 8 nitrogen and oxygen atoms in total. The van der Waals surface area contributed by atoms with E-state index in [4.69, 9.17) is 20.4 Å². The highest BCUT2D eigenvalue weighted by molar-refractivity contribution is 6.34. The van der Waals surface area contributed by atoms with Gasteiger partial charge in [-0.3, -0.25) is 14.9 Å². The van der Waals surface area contributed by atoms with Gasteiger partial charge in [0.15, 0.2) is 5.58 Å². The van der Waals surface area contributed by atoms with E-state index in [2.05, 4.69) is 10.3 Å². The number of furan rings is 1. The Labute approximate surface area is 216 Å². The summed E-state index contributed by atoms with van der Waals surface area (Å²) in [5.74, 6) is 0.670. The summed E-state index contributed by atoms with van der Waals surface area (Å²) >= 11 is 6.32. The van der Waals surface area contributed by atoms with Crippen molar-refractivity contribution in [2.45, 2.75) is 13.8 Å². The van der Waals surface area contributed by atoms with Crippen LogP contribution in [0.3, 0.4) is 0 Å². The number of oxazole rings is 1. The molecule has 37 heavy (non-hydrogen) atoms. The van der Waals surface area contributed by atoms with Gasteiger partial charge in [0.05, 0.1) is 21.2 Å². The molecule has 5 aromatic rings. The monoisotopic (exact) mass is 513 g/mol. The van der Waals surface area contributed by atoms with E-state index in [9.17, 15) is 14.9 Å². The lowest BCUT2D eigenvalue weighted by atomic mass is 10.1. The first kappa shape index (κ1) is 24.0. The van der Waals surface area contributed by atoms with E-state index in [0.29, 0.717) is 44.8 Å². The number of carbonyl (C=O) groups is 1. The Kier molecular flexibility index (Phi) is 6.33. The van der Waals surface area contributed by atoms with Gasteiger partial charge in [-0.25, -0.2) is 4.98 Å². The number of carbonyl (C=O) groups excluding carboxylic acids is 1. The van der Waals surface area contributed by atoms with E-state index >= 15 is 0 Å². The minimum absolute atomic E-state index is 0.0658. The molecule has 0 fully saturated rings. The summed E-state index contributed by atoms with van der Waals surface area (Å²) in [6, 6.07) is 18.6. The molecule has 5 rings (SSSR count). The molecular formula is C28H20ClN3O5. The fourth-order valence-electron chi connectivity index (χ4n) is 4.01. The van der Waals surface area contributed by atoms with Crippen molar-refractivity contribution in [2.24, 2.45) is 0 Å². The summed E-state index contributed by atoms with van der Waals surface area (Å²) in [4.78, 5) is 28.0. The number of hydrogen-bond donors (Lipinski definition) is 1. The summed E-state index contributed by atoms with van der Waals surface area (Å²) in [5, 5.41) is 14.4. The fraction of sp³-hybridized carbons (Fsp3) is 0.0714. The molecule has 0 saturated heterocycles. The zero-order valence-electron chi connectivity index (χ0n) is 19.8.